The van der Waals surface area contributed by atoms with Gasteiger partial charge in [0.25, 0.3) is 0 Å². The summed E-state index contributed by atoms with van der Waals surface area (Å²) in [5.74, 6) is 1.64. The van der Waals surface area contributed by atoms with Gasteiger partial charge in [-0.15, -0.1) is 37.0 Å². The van der Waals surface area contributed by atoms with Gasteiger partial charge in [0.2, 0.25) is 0 Å². The third-order valence-corrected chi connectivity index (χ3v) is 3.66. The molecule has 7 heteroatoms. The van der Waals surface area contributed by atoms with Crippen molar-refractivity contribution in [3.8, 4) is 0 Å². The largest absolute Gasteiger partial charge is 0.367 e. The Balaban J connectivity index is 0. The van der Waals surface area contributed by atoms with E-state index in [1.165, 1.54) is 0 Å². The van der Waals surface area contributed by atoms with E-state index in [4.69, 9.17) is 17.0 Å². The van der Waals surface area contributed by atoms with Gasteiger partial charge in [-0.25, -0.2) is 0 Å². The maximum atomic E-state index is 5.58. The Bertz CT molecular complexity index is 215. The molecule has 0 saturated carbocycles. The van der Waals surface area contributed by atoms with Gasteiger partial charge in [0, 0.05) is 0 Å². The van der Waals surface area contributed by atoms with E-state index in [1.807, 2.05) is 0 Å². The standard InChI is InChI=1S/C9H18OS3.CH2S3/c1-5-12-9(11)13-8(4)10-6-7(2)3;2-1(3)4/h7-8H,5-6H2,1-4H3;(H2,2,3,4). The topological polar surface area (TPSA) is 9.23 Å². The zero-order chi connectivity index (χ0) is 13.8. The molecule has 0 aromatic heterocycles. The Morgan fingerprint density at radius 1 is 1.24 bits per heavy atom. The Labute approximate surface area is 135 Å². The molecule has 17 heavy (non-hydrogen) atoms. The van der Waals surface area contributed by atoms with Gasteiger partial charge in [-0.2, -0.15) is 0 Å². The molecular weight excluding hydrogens is 329 g/mol. The van der Waals surface area contributed by atoms with Gasteiger partial charge in [0.05, 0.1) is 10.1 Å². The second kappa shape index (κ2) is 14.0. The first-order valence-corrected chi connectivity index (χ1v) is 8.74. The van der Waals surface area contributed by atoms with Crippen LogP contribution in [0.25, 0.3) is 0 Å². The average molecular weight is 349 g/mol. The highest BCUT2D eigenvalue weighted by molar-refractivity contribution is 8.47. The fourth-order valence-corrected chi connectivity index (χ4v) is 3.10. The molecule has 0 aromatic carbocycles. The van der Waals surface area contributed by atoms with Gasteiger partial charge in [-0.05, 0) is 18.6 Å². The maximum Gasteiger partial charge on any atom is 0.106 e. The Kier molecular flexibility index (Phi) is 17.1. The summed E-state index contributed by atoms with van der Waals surface area (Å²) in [5, 5.41) is 0. The minimum absolute atomic E-state index is 0.189. The van der Waals surface area contributed by atoms with Crippen LogP contribution in [0, 0.1) is 5.92 Å². The van der Waals surface area contributed by atoms with E-state index in [0.717, 1.165) is 15.9 Å². The van der Waals surface area contributed by atoms with Crippen LogP contribution >= 0.6 is 73.2 Å². The minimum atomic E-state index is 0.189. The number of rotatable bonds is 5. The first kappa shape index (κ1) is 20.8. The molecule has 0 N–H and O–H groups in total. The van der Waals surface area contributed by atoms with E-state index in [-0.39, 0.29) is 5.44 Å². The highest BCUT2D eigenvalue weighted by Crippen LogP contribution is 2.22. The molecule has 0 bridgehead atoms. The van der Waals surface area contributed by atoms with Crippen molar-refractivity contribution in [2.24, 2.45) is 5.92 Å². The molecule has 1 atom stereocenters. The van der Waals surface area contributed by atoms with Crippen LogP contribution in [-0.4, -0.2) is 24.9 Å². The summed E-state index contributed by atoms with van der Waals surface area (Å²) in [7, 11) is 0. The monoisotopic (exact) mass is 348 g/mol. The van der Waals surface area contributed by atoms with Crippen molar-refractivity contribution < 1.29 is 4.74 Å². The van der Waals surface area contributed by atoms with E-state index in [0.29, 0.717) is 9.45 Å². The third kappa shape index (κ3) is 23.1. The second-order valence-corrected chi connectivity index (χ2v) is 9.40. The lowest BCUT2D eigenvalue weighted by Crippen LogP contribution is -2.10. The molecule has 0 heterocycles. The molecule has 0 aliphatic heterocycles. The molecular formula is C10H20OS6. The van der Waals surface area contributed by atoms with Crippen molar-refractivity contribution in [3.05, 3.63) is 0 Å². The molecule has 0 amide bonds. The zero-order valence-corrected chi connectivity index (χ0v) is 15.6. The highest BCUT2D eigenvalue weighted by atomic mass is 32.2. The molecule has 0 aromatic rings. The Hall–Kier alpha value is 1.54. The fraction of sp³-hybridized carbons (Fsp3) is 0.800. The van der Waals surface area contributed by atoms with Gasteiger partial charge in [-0.3, -0.25) is 0 Å². The second-order valence-electron chi connectivity index (χ2n) is 3.38. The number of hydrogen-bond acceptors (Lipinski definition) is 5. The van der Waals surface area contributed by atoms with Crippen LogP contribution in [0.2, 0.25) is 0 Å². The molecule has 102 valence electrons. The third-order valence-electron chi connectivity index (χ3n) is 1.19. The van der Waals surface area contributed by atoms with Crippen molar-refractivity contribution in [2.45, 2.75) is 33.1 Å². The van der Waals surface area contributed by atoms with E-state index in [1.54, 1.807) is 23.5 Å². The summed E-state index contributed by atoms with van der Waals surface area (Å²) in [6, 6.07) is 0. The van der Waals surface area contributed by atoms with Crippen molar-refractivity contribution in [1.82, 2.24) is 0 Å². The summed E-state index contributed by atoms with van der Waals surface area (Å²) in [6.45, 7) is 9.27. The van der Waals surface area contributed by atoms with Crippen LogP contribution in [0.15, 0.2) is 0 Å². The quantitative estimate of drug-likeness (QED) is 0.414. The Morgan fingerprint density at radius 2 is 1.71 bits per heavy atom. The first-order valence-electron chi connectivity index (χ1n) is 5.16. The molecule has 0 rings (SSSR count). The average Bonchev–Trinajstić information content (AvgIpc) is 2.14. The van der Waals surface area contributed by atoms with Gasteiger partial charge in [-0.1, -0.05) is 57.0 Å². The van der Waals surface area contributed by atoms with Gasteiger partial charge in [0.1, 0.15) is 8.96 Å². The van der Waals surface area contributed by atoms with Crippen molar-refractivity contribution >= 4 is 80.3 Å². The Morgan fingerprint density at radius 3 is 2.06 bits per heavy atom. The maximum absolute atomic E-state index is 5.58. The van der Waals surface area contributed by atoms with Crippen molar-refractivity contribution in [3.63, 3.8) is 0 Å². The van der Waals surface area contributed by atoms with Crippen LogP contribution in [0.5, 0.6) is 0 Å². The van der Waals surface area contributed by atoms with E-state index in [2.05, 4.69) is 65.2 Å². The lowest BCUT2D eigenvalue weighted by molar-refractivity contribution is 0.101. The molecule has 0 spiro atoms. The molecule has 0 aliphatic carbocycles. The molecule has 0 fully saturated rings. The summed E-state index contributed by atoms with van der Waals surface area (Å²) in [6.07, 6.45) is 0. The smallest absolute Gasteiger partial charge is 0.106 e. The summed E-state index contributed by atoms with van der Waals surface area (Å²) in [4.78, 5) is 0. The summed E-state index contributed by atoms with van der Waals surface area (Å²) >= 11 is 19.9. The predicted molar refractivity (Wildman–Crippen MR) is 99.1 cm³/mol. The number of thioether (sulfide) groups is 2. The zero-order valence-electron chi connectivity index (χ0n) is 10.5. The van der Waals surface area contributed by atoms with Crippen molar-refractivity contribution in [2.75, 3.05) is 12.4 Å². The minimum Gasteiger partial charge on any atom is -0.367 e. The van der Waals surface area contributed by atoms with E-state index in [9.17, 15) is 0 Å². The normalized spacial score (nSPS) is 11.7. The predicted octanol–water partition coefficient (Wildman–Crippen LogP) is 4.91. The molecule has 1 nitrogen and oxygen atoms in total. The number of ether oxygens (including phenoxy) is 1. The molecule has 0 saturated heterocycles. The van der Waals surface area contributed by atoms with Crippen LogP contribution in [0.4, 0.5) is 0 Å². The van der Waals surface area contributed by atoms with Crippen molar-refractivity contribution in [1.29, 1.82) is 0 Å². The molecule has 0 radical (unpaired) electrons. The van der Waals surface area contributed by atoms with Crippen LogP contribution in [0.3, 0.4) is 0 Å². The van der Waals surface area contributed by atoms with Crippen LogP contribution in [-0.2, 0) is 4.74 Å². The van der Waals surface area contributed by atoms with E-state index >= 15 is 0 Å². The van der Waals surface area contributed by atoms with Crippen LogP contribution < -0.4 is 0 Å². The van der Waals surface area contributed by atoms with Gasteiger partial charge >= 0.3 is 0 Å². The molecule has 1 unspecified atom stereocenters. The number of thiol groups is 2. The lowest BCUT2D eigenvalue weighted by atomic mass is 10.2. The van der Waals surface area contributed by atoms with Gasteiger partial charge < -0.3 is 4.74 Å². The SMILES string of the molecule is CCSC(=S)SC(C)OCC(C)C.S=C(S)S. The number of hydrogen-bond donors (Lipinski definition) is 2. The summed E-state index contributed by atoms with van der Waals surface area (Å²) < 4.78 is 6.96. The van der Waals surface area contributed by atoms with Gasteiger partial charge in [0.15, 0.2) is 0 Å². The van der Waals surface area contributed by atoms with Crippen LogP contribution in [0.1, 0.15) is 27.7 Å². The number of thiocarbonyl (C=S) groups is 2. The summed E-state index contributed by atoms with van der Waals surface area (Å²) in [5.41, 5.74) is 0.189. The fourth-order valence-electron chi connectivity index (χ4n) is 0.649. The first-order chi connectivity index (χ1) is 7.79. The molecule has 0 aliphatic rings. The van der Waals surface area contributed by atoms with E-state index < -0.39 is 0 Å². The lowest BCUT2D eigenvalue weighted by Gasteiger charge is -2.13. The highest BCUT2D eigenvalue weighted by Gasteiger charge is 2.07.